The monoisotopic (exact) mass is 284 g/mol. The second kappa shape index (κ2) is 5.25. The van der Waals surface area contributed by atoms with E-state index in [4.69, 9.17) is 9.47 Å². The first-order valence-corrected chi connectivity index (χ1v) is 7.47. The van der Waals surface area contributed by atoms with Gasteiger partial charge in [-0.15, -0.1) is 0 Å². The summed E-state index contributed by atoms with van der Waals surface area (Å²) in [6, 6.07) is 12.6. The summed E-state index contributed by atoms with van der Waals surface area (Å²) >= 11 is 0. The Labute approximate surface area is 125 Å². The van der Waals surface area contributed by atoms with Crippen LogP contribution in [0, 0.1) is 16.7 Å². The molecule has 4 heteroatoms. The lowest BCUT2D eigenvalue weighted by atomic mass is 9.68. The molecule has 2 heterocycles. The van der Waals surface area contributed by atoms with Gasteiger partial charge in [-0.2, -0.15) is 5.26 Å². The van der Waals surface area contributed by atoms with Crippen LogP contribution in [0.3, 0.4) is 0 Å². The third kappa shape index (κ3) is 2.00. The third-order valence-corrected chi connectivity index (χ3v) is 4.56. The van der Waals surface area contributed by atoms with Crippen molar-refractivity contribution >= 4 is 5.71 Å². The molecule has 1 fully saturated rings. The van der Waals surface area contributed by atoms with Crippen molar-refractivity contribution in [3.05, 3.63) is 35.9 Å². The third-order valence-electron chi connectivity index (χ3n) is 4.56. The van der Waals surface area contributed by atoms with Crippen LogP contribution in [0.1, 0.15) is 38.2 Å². The van der Waals surface area contributed by atoms with Gasteiger partial charge in [-0.3, -0.25) is 0 Å². The van der Waals surface area contributed by atoms with Crippen molar-refractivity contribution < 1.29 is 9.47 Å². The first-order valence-electron chi connectivity index (χ1n) is 7.47. The molecule has 1 aromatic rings. The molecule has 2 aliphatic rings. The highest BCUT2D eigenvalue weighted by Crippen LogP contribution is 2.57. The number of hydrogen-bond donors (Lipinski definition) is 0. The lowest BCUT2D eigenvalue weighted by Crippen LogP contribution is -2.50. The Balaban J connectivity index is 2.10. The maximum atomic E-state index is 9.98. The second-order valence-corrected chi connectivity index (χ2v) is 5.72. The van der Waals surface area contributed by atoms with Crippen LogP contribution in [-0.4, -0.2) is 24.8 Å². The van der Waals surface area contributed by atoms with Crippen LogP contribution in [-0.2, 0) is 9.47 Å². The number of hydrogen-bond acceptors (Lipinski definition) is 4. The highest BCUT2D eigenvalue weighted by molar-refractivity contribution is 5.83. The van der Waals surface area contributed by atoms with Crippen LogP contribution in [0.25, 0.3) is 0 Å². The largest absolute Gasteiger partial charge is 0.331 e. The topological polar surface area (TPSA) is 54.6 Å². The van der Waals surface area contributed by atoms with E-state index in [0.717, 1.165) is 24.1 Å². The second-order valence-electron chi connectivity index (χ2n) is 5.72. The van der Waals surface area contributed by atoms with E-state index in [1.807, 2.05) is 32.0 Å². The predicted molar refractivity (Wildman–Crippen MR) is 79.9 cm³/mol. The number of nitriles is 1. The van der Waals surface area contributed by atoms with Crippen molar-refractivity contribution in [1.29, 1.82) is 5.26 Å². The van der Waals surface area contributed by atoms with E-state index >= 15 is 0 Å². The quantitative estimate of drug-likeness (QED) is 0.856. The van der Waals surface area contributed by atoms with E-state index in [1.54, 1.807) is 0 Å². The zero-order chi connectivity index (χ0) is 14.9. The van der Waals surface area contributed by atoms with E-state index in [-0.39, 0.29) is 5.92 Å². The molecule has 4 nitrogen and oxygen atoms in total. The molecule has 0 bridgehead atoms. The number of aliphatic imine (C=N–C) groups is 1. The molecule has 1 saturated heterocycles. The zero-order valence-electron chi connectivity index (χ0n) is 12.5. The van der Waals surface area contributed by atoms with Gasteiger partial charge in [0.1, 0.15) is 5.41 Å². The molecular formula is C17H20N2O2. The van der Waals surface area contributed by atoms with Crippen molar-refractivity contribution in [2.45, 2.75) is 38.5 Å². The molecule has 1 aromatic carbocycles. The molecule has 21 heavy (non-hydrogen) atoms. The van der Waals surface area contributed by atoms with Gasteiger partial charge in [0.2, 0.25) is 0 Å². The summed E-state index contributed by atoms with van der Waals surface area (Å²) < 4.78 is 11.9. The van der Waals surface area contributed by atoms with Gasteiger partial charge in [0.15, 0.2) is 0 Å². The molecule has 0 aromatic heterocycles. The lowest BCUT2D eigenvalue weighted by Gasteiger charge is -2.41. The van der Waals surface area contributed by atoms with Crippen LogP contribution >= 0.6 is 0 Å². The van der Waals surface area contributed by atoms with Crippen molar-refractivity contribution in [2.24, 2.45) is 10.4 Å². The fraction of sp³-hybridized carbons (Fsp3) is 0.529. The standard InChI is InChI=1S/C17H20N2O2/c1-3-20-17-16(12-18,10-9-13(2)19-17)15(11-21-17)14-7-5-4-6-8-14/h4-8,15H,3,9-11H2,1-2H3. The van der Waals surface area contributed by atoms with E-state index in [0.29, 0.717) is 13.2 Å². The van der Waals surface area contributed by atoms with E-state index in [2.05, 4.69) is 23.2 Å². The summed E-state index contributed by atoms with van der Waals surface area (Å²) in [5.41, 5.74) is 1.36. The normalized spacial score (nSPS) is 34.9. The summed E-state index contributed by atoms with van der Waals surface area (Å²) in [7, 11) is 0. The number of fused-ring (bicyclic) bond motifs is 1. The minimum Gasteiger partial charge on any atom is -0.331 e. The summed E-state index contributed by atoms with van der Waals surface area (Å²) in [4.78, 5) is 4.63. The molecule has 2 aliphatic heterocycles. The molecule has 0 N–H and O–H groups in total. The average molecular weight is 284 g/mol. The Morgan fingerprint density at radius 3 is 2.86 bits per heavy atom. The van der Waals surface area contributed by atoms with Gasteiger partial charge in [-0.25, -0.2) is 4.99 Å². The average Bonchev–Trinajstić information content (AvgIpc) is 2.83. The first-order chi connectivity index (χ1) is 10.2. The van der Waals surface area contributed by atoms with Crippen molar-refractivity contribution in [3.63, 3.8) is 0 Å². The van der Waals surface area contributed by atoms with Crippen LogP contribution in [0.4, 0.5) is 0 Å². The highest BCUT2D eigenvalue weighted by atomic mass is 16.7. The van der Waals surface area contributed by atoms with E-state index in [9.17, 15) is 5.26 Å². The van der Waals surface area contributed by atoms with E-state index < -0.39 is 11.3 Å². The smallest absolute Gasteiger partial charge is 0.289 e. The van der Waals surface area contributed by atoms with Gasteiger partial charge < -0.3 is 9.47 Å². The van der Waals surface area contributed by atoms with E-state index in [1.165, 1.54) is 0 Å². The predicted octanol–water partition coefficient (Wildman–Crippen LogP) is 3.26. The summed E-state index contributed by atoms with van der Waals surface area (Å²) in [6.45, 7) is 4.83. The maximum Gasteiger partial charge on any atom is 0.289 e. The zero-order valence-corrected chi connectivity index (χ0v) is 12.5. The lowest BCUT2D eigenvalue weighted by molar-refractivity contribution is -0.243. The molecule has 0 aliphatic carbocycles. The Morgan fingerprint density at radius 1 is 1.43 bits per heavy atom. The van der Waals surface area contributed by atoms with Crippen molar-refractivity contribution in [3.8, 4) is 6.07 Å². The molecular weight excluding hydrogens is 264 g/mol. The summed E-state index contributed by atoms with van der Waals surface area (Å²) in [5.74, 6) is -1.15. The number of nitrogens with zero attached hydrogens (tertiary/aromatic N) is 2. The van der Waals surface area contributed by atoms with Gasteiger partial charge in [-0.1, -0.05) is 30.3 Å². The van der Waals surface area contributed by atoms with Crippen LogP contribution in [0.5, 0.6) is 0 Å². The van der Waals surface area contributed by atoms with Crippen LogP contribution < -0.4 is 0 Å². The molecule has 0 radical (unpaired) electrons. The Hall–Kier alpha value is -1.70. The number of benzene rings is 1. The number of ether oxygens (including phenoxy) is 2. The maximum absolute atomic E-state index is 9.98. The molecule has 3 rings (SSSR count). The van der Waals surface area contributed by atoms with Crippen LogP contribution in [0.15, 0.2) is 35.3 Å². The summed E-state index contributed by atoms with van der Waals surface area (Å²) in [6.07, 6.45) is 1.54. The van der Waals surface area contributed by atoms with Gasteiger partial charge in [-0.05, 0) is 32.3 Å². The first kappa shape index (κ1) is 14.2. The Bertz CT molecular complexity index is 593. The Morgan fingerprint density at radius 2 is 2.19 bits per heavy atom. The molecule has 3 atom stereocenters. The molecule has 0 saturated carbocycles. The van der Waals surface area contributed by atoms with Crippen LogP contribution in [0.2, 0.25) is 0 Å². The van der Waals surface area contributed by atoms with Gasteiger partial charge in [0.05, 0.1) is 12.7 Å². The van der Waals surface area contributed by atoms with Gasteiger partial charge in [0, 0.05) is 18.2 Å². The fourth-order valence-electron chi connectivity index (χ4n) is 3.51. The molecule has 3 unspecified atom stereocenters. The minimum absolute atomic E-state index is 0.00731. The van der Waals surface area contributed by atoms with Gasteiger partial charge >= 0.3 is 0 Å². The highest BCUT2D eigenvalue weighted by Gasteiger charge is 2.65. The van der Waals surface area contributed by atoms with Crippen molar-refractivity contribution in [1.82, 2.24) is 0 Å². The Kier molecular flexibility index (Phi) is 3.56. The minimum atomic E-state index is -1.14. The molecule has 110 valence electrons. The molecule has 0 amide bonds. The van der Waals surface area contributed by atoms with Crippen molar-refractivity contribution in [2.75, 3.05) is 13.2 Å². The number of rotatable bonds is 3. The molecule has 0 spiro atoms. The SMILES string of the molecule is CCOC12N=C(C)CCC1(C#N)C(c1ccccc1)CO2. The fourth-order valence-corrected chi connectivity index (χ4v) is 3.51. The van der Waals surface area contributed by atoms with Gasteiger partial charge in [0.25, 0.3) is 5.91 Å². The summed E-state index contributed by atoms with van der Waals surface area (Å²) in [5, 5.41) is 9.98.